The highest BCUT2D eigenvalue weighted by Crippen LogP contribution is 2.05. The van der Waals surface area contributed by atoms with Crippen LogP contribution in [-0.4, -0.2) is 20.5 Å². The van der Waals surface area contributed by atoms with E-state index in [1.165, 1.54) is 0 Å². The Kier molecular flexibility index (Phi) is 3.48. The van der Waals surface area contributed by atoms with Crippen LogP contribution in [0.1, 0.15) is 13.8 Å². The lowest BCUT2D eigenvalue weighted by atomic mass is 10.4. The minimum Gasteiger partial charge on any atom is -0.308 e. The molecule has 0 saturated heterocycles. The number of rotatable bonds is 3. The number of nitrogens with one attached hydrogen (secondary N) is 1. The van der Waals surface area contributed by atoms with Crippen LogP contribution in [-0.2, 0) is 11.3 Å². The zero-order valence-corrected chi connectivity index (χ0v) is 9.21. The number of aromatic nitrogens is 2. The van der Waals surface area contributed by atoms with Gasteiger partial charge in [-0.05, 0) is 13.8 Å². The molecule has 0 aromatic carbocycles. The molecular weight excluding hydrogens is 234 g/mol. The van der Waals surface area contributed by atoms with Crippen LogP contribution in [0.25, 0.3) is 0 Å². The predicted molar refractivity (Wildman–Crippen MR) is 54.9 cm³/mol. The molecule has 0 radical (unpaired) electrons. The normalized spacial score (nSPS) is 12.5. The lowest BCUT2D eigenvalue weighted by molar-refractivity contribution is -0.115. The molecule has 0 bridgehead atoms. The second-order valence-corrected chi connectivity index (χ2v) is 4.04. The summed E-state index contributed by atoms with van der Waals surface area (Å²) in [7, 11) is 0. The van der Waals surface area contributed by atoms with Gasteiger partial charge in [0, 0.05) is 18.8 Å². The van der Waals surface area contributed by atoms with E-state index in [0.29, 0.717) is 5.82 Å². The number of nitrogens with zero attached hydrogens (tertiary/aromatic N) is 2. The first-order valence-corrected chi connectivity index (χ1v) is 5.03. The third kappa shape index (κ3) is 2.84. The standard InChI is InChI=1S/C8H12BrN3O/c1-3-12-5-4-7(11-12)10-8(13)6(2)9/h4-6H,3H2,1-2H3,(H,10,11,13). The number of hydrogen-bond acceptors (Lipinski definition) is 2. The SMILES string of the molecule is CCn1ccc(NC(=O)C(C)Br)n1. The van der Waals surface area contributed by atoms with Gasteiger partial charge in [0.25, 0.3) is 0 Å². The van der Waals surface area contributed by atoms with E-state index in [9.17, 15) is 4.79 Å². The van der Waals surface area contributed by atoms with Gasteiger partial charge in [0.15, 0.2) is 5.82 Å². The van der Waals surface area contributed by atoms with E-state index in [1.807, 2.05) is 13.1 Å². The van der Waals surface area contributed by atoms with Gasteiger partial charge < -0.3 is 5.32 Å². The van der Waals surface area contributed by atoms with Crippen molar-refractivity contribution in [2.75, 3.05) is 5.32 Å². The Bertz CT molecular complexity index is 295. The minimum atomic E-state index is -0.195. The molecule has 0 saturated carbocycles. The van der Waals surface area contributed by atoms with Gasteiger partial charge in [0.2, 0.25) is 5.91 Å². The second kappa shape index (κ2) is 4.41. The molecule has 13 heavy (non-hydrogen) atoms. The van der Waals surface area contributed by atoms with Crippen molar-refractivity contribution in [3.8, 4) is 0 Å². The Morgan fingerprint density at radius 3 is 3.00 bits per heavy atom. The van der Waals surface area contributed by atoms with E-state index in [-0.39, 0.29) is 10.7 Å². The summed E-state index contributed by atoms with van der Waals surface area (Å²) in [4.78, 5) is 11.0. The summed E-state index contributed by atoms with van der Waals surface area (Å²) in [6.07, 6.45) is 1.83. The van der Waals surface area contributed by atoms with Crippen LogP contribution in [0.15, 0.2) is 12.3 Å². The summed E-state index contributed by atoms with van der Waals surface area (Å²) >= 11 is 3.17. The van der Waals surface area contributed by atoms with Crippen molar-refractivity contribution >= 4 is 27.7 Å². The molecule has 1 rings (SSSR count). The fourth-order valence-electron chi connectivity index (χ4n) is 0.830. The van der Waals surface area contributed by atoms with Gasteiger partial charge in [-0.3, -0.25) is 9.48 Å². The van der Waals surface area contributed by atoms with E-state index in [2.05, 4.69) is 26.3 Å². The summed E-state index contributed by atoms with van der Waals surface area (Å²) in [6, 6.07) is 1.77. The molecule has 1 heterocycles. The maximum absolute atomic E-state index is 11.2. The number of carbonyl (C=O) groups excluding carboxylic acids is 1. The van der Waals surface area contributed by atoms with Gasteiger partial charge in [-0.15, -0.1) is 0 Å². The van der Waals surface area contributed by atoms with E-state index >= 15 is 0 Å². The Morgan fingerprint density at radius 2 is 2.54 bits per heavy atom. The predicted octanol–water partition coefficient (Wildman–Crippen LogP) is 1.62. The molecule has 5 heteroatoms. The monoisotopic (exact) mass is 245 g/mol. The van der Waals surface area contributed by atoms with Crippen LogP contribution in [0.2, 0.25) is 0 Å². The van der Waals surface area contributed by atoms with Crippen molar-refractivity contribution in [1.82, 2.24) is 9.78 Å². The third-order valence-corrected chi connectivity index (χ3v) is 1.99. The lowest BCUT2D eigenvalue weighted by Crippen LogP contribution is -2.20. The van der Waals surface area contributed by atoms with Gasteiger partial charge in [-0.25, -0.2) is 0 Å². The van der Waals surface area contributed by atoms with E-state index in [4.69, 9.17) is 0 Å². The first-order valence-electron chi connectivity index (χ1n) is 4.12. The zero-order valence-electron chi connectivity index (χ0n) is 7.62. The van der Waals surface area contributed by atoms with Crippen molar-refractivity contribution in [3.05, 3.63) is 12.3 Å². The lowest BCUT2D eigenvalue weighted by Gasteiger charge is -2.02. The molecular formula is C8H12BrN3O. The Hall–Kier alpha value is -0.840. The summed E-state index contributed by atoms with van der Waals surface area (Å²) in [5.41, 5.74) is 0. The van der Waals surface area contributed by atoms with Gasteiger partial charge in [0.1, 0.15) is 0 Å². The highest BCUT2D eigenvalue weighted by atomic mass is 79.9. The Balaban J connectivity index is 2.59. The highest BCUT2D eigenvalue weighted by Gasteiger charge is 2.09. The molecule has 1 aromatic rings. The molecule has 0 aliphatic heterocycles. The fraction of sp³-hybridized carbons (Fsp3) is 0.500. The molecule has 1 amide bonds. The number of alkyl halides is 1. The Morgan fingerprint density at radius 1 is 1.85 bits per heavy atom. The highest BCUT2D eigenvalue weighted by molar-refractivity contribution is 9.10. The van der Waals surface area contributed by atoms with E-state index in [1.54, 1.807) is 17.7 Å². The number of hydrogen-bond donors (Lipinski definition) is 1. The summed E-state index contributed by atoms with van der Waals surface area (Å²) in [6.45, 7) is 4.57. The van der Waals surface area contributed by atoms with Crippen LogP contribution >= 0.6 is 15.9 Å². The largest absolute Gasteiger partial charge is 0.308 e. The first-order chi connectivity index (χ1) is 6.13. The molecule has 72 valence electrons. The van der Waals surface area contributed by atoms with E-state index < -0.39 is 0 Å². The van der Waals surface area contributed by atoms with Gasteiger partial charge in [0.05, 0.1) is 4.83 Å². The van der Waals surface area contributed by atoms with Gasteiger partial charge in [-0.1, -0.05) is 15.9 Å². The van der Waals surface area contributed by atoms with Crippen molar-refractivity contribution in [3.63, 3.8) is 0 Å². The van der Waals surface area contributed by atoms with Crippen LogP contribution in [0.5, 0.6) is 0 Å². The number of aryl methyl sites for hydroxylation is 1. The number of amides is 1. The molecule has 0 aliphatic carbocycles. The molecule has 1 atom stereocenters. The van der Waals surface area contributed by atoms with Gasteiger partial charge >= 0.3 is 0 Å². The average Bonchev–Trinajstić information content (AvgIpc) is 2.52. The molecule has 1 unspecified atom stereocenters. The summed E-state index contributed by atoms with van der Waals surface area (Å²) < 4.78 is 1.76. The number of anilines is 1. The Labute approximate surface area is 85.4 Å². The molecule has 4 nitrogen and oxygen atoms in total. The summed E-state index contributed by atoms with van der Waals surface area (Å²) in [5.74, 6) is 0.513. The van der Waals surface area contributed by atoms with Gasteiger partial charge in [-0.2, -0.15) is 5.10 Å². The second-order valence-electron chi connectivity index (χ2n) is 2.66. The van der Waals surface area contributed by atoms with Crippen molar-refractivity contribution in [2.45, 2.75) is 25.2 Å². The van der Waals surface area contributed by atoms with Crippen molar-refractivity contribution in [1.29, 1.82) is 0 Å². The van der Waals surface area contributed by atoms with Crippen LogP contribution in [0, 0.1) is 0 Å². The molecule has 1 aromatic heterocycles. The quantitative estimate of drug-likeness (QED) is 0.824. The van der Waals surface area contributed by atoms with Crippen molar-refractivity contribution in [2.24, 2.45) is 0 Å². The van der Waals surface area contributed by atoms with Crippen LogP contribution < -0.4 is 5.32 Å². The third-order valence-electron chi connectivity index (χ3n) is 1.58. The maximum Gasteiger partial charge on any atom is 0.239 e. The smallest absolute Gasteiger partial charge is 0.239 e. The van der Waals surface area contributed by atoms with E-state index in [0.717, 1.165) is 6.54 Å². The molecule has 0 aliphatic rings. The minimum absolute atomic E-state index is 0.0821. The average molecular weight is 246 g/mol. The zero-order chi connectivity index (χ0) is 9.84. The molecule has 0 spiro atoms. The topological polar surface area (TPSA) is 46.9 Å². The first kappa shape index (κ1) is 10.2. The van der Waals surface area contributed by atoms with Crippen LogP contribution in [0.3, 0.4) is 0 Å². The molecule has 0 fully saturated rings. The molecule has 1 N–H and O–H groups in total. The fourth-order valence-corrected chi connectivity index (χ4v) is 0.945. The number of carbonyl (C=O) groups is 1. The number of halogens is 1. The van der Waals surface area contributed by atoms with Crippen molar-refractivity contribution < 1.29 is 4.79 Å². The summed E-state index contributed by atoms with van der Waals surface area (Å²) in [5, 5.41) is 6.79. The van der Waals surface area contributed by atoms with Crippen LogP contribution in [0.4, 0.5) is 5.82 Å². The maximum atomic E-state index is 11.2.